The first-order valence-corrected chi connectivity index (χ1v) is 10.5. The summed E-state index contributed by atoms with van der Waals surface area (Å²) in [7, 11) is 1.55. The molecule has 1 N–H and O–H groups in total. The van der Waals surface area contributed by atoms with E-state index in [-0.39, 0.29) is 5.91 Å². The second kappa shape index (κ2) is 11.2. The zero-order chi connectivity index (χ0) is 22.9. The predicted octanol–water partition coefficient (Wildman–Crippen LogP) is 5.40. The standard InChI is InChI=1S/C25H25ClN2O4/c1-4-31-24-14-19(9-11-23(24)30-3)25(29)28-27-15-20-13-21(26)10-12-22(20)32-16-18-7-5-17(2)6-8-18/h5-15H,4,16H2,1-3H3,(H,28,29)/b27-15+. The highest BCUT2D eigenvalue weighted by atomic mass is 35.5. The van der Waals surface area contributed by atoms with Crippen molar-refractivity contribution >= 4 is 23.7 Å². The highest BCUT2D eigenvalue weighted by Gasteiger charge is 2.11. The van der Waals surface area contributed by atoms with Crippen LogP contribution in [-0.4, -0.2) is 25.8 Å². The average Bonchev–Trinajstić information content (AvgIpc) is 2.79. The number of amides is 1. The minimum absolute atomic E-state index is 0.381. The monoisotopic (exact) mass is 452 g/mol. The lowest BCUT2D eigenvalue weighted by Gasteiger charge is -2.11. The number of ether oxygens (including phenoxy) is 3. The Morgan fingerprint density at radius 3 is 2.47 bits per heavy atom. The highest BCUT2D eigenvalue weighted by molar-refractivity contribution is 6.30. The van der Waals surface area contributed by atoms with E-state index in [1.165, 1.54) is 11.8 Å². The van der Waals surface area contributed by atoms with E-state index in [0.717, 1.165) is 5.56 Å². The van der Waals surface area contributed by atoms with Gasteiger partial charge in [-0.25, -0.2) is 5.43 Å². The van der Waals surface area contributed by atoms with Crippen molar-refractivity contribution in [3.63, 3.8) is 0 Å². The van der Waals surface area contributed by atoms with Crippen LogP contribution in [0.4, 0.5) is 0 Å². The molecule has 0 aliphatic heterocycles. The van der Waals surface area contributed by atoms with Crippen LogP contribution in [0.25, 0.3) is 0 Å². The molecule has 3 aromatic rings. The molecule has 0 atom stereocenters. The number of carbonyl (C=O) groups is 1. The van der Waals surface area contributed by atoms with Gasteiger partial charge in [-0.05, 0) is 55.8 Å². The molecule has 0 saturated heterocycles. The lowest BCUT2D eigenvalue weighted by atomic mass is 10.1. The topological polar surface area (TPSA) is 69.2 Å². The van der Waals surface area contributed by atoms with Crippen molar-refractivity contribution in [2.24, 2.45) is 5.10 Å². The molecular weight excluding hydrogens is 428 g/mol. The summed E-state index contributed by atoms with van der Waals surface area (Å²) < 4.78 is 16.7. The molecule has 0 aromatic heterocycles. The van der Waals surface area contributed by atoms with Crippen LogP contribution >= 0.6 is 11.6 Å². The van der Waals surface area contributed by atoms with Crippen molar-refractivity contribution in [1.82, 2.24) is 5.43 Å². The number of hydrogen-bond donors (Lipinski definition) is 1. The summed E-state index contributed by atoms with van der Waals surface area (Å²) in [6.45, 7) is 4.76. The molecule has 3 aromatic carbocycles. The zero-order valence-electron chi connectivity index (χ0n) is 18.2. The molecule has 32 heavy (non-hydrogen) atoms. The van der Waals surface area contributed by atoms with Gasteiger partial charge in [0.25, 0.3) is 5.91 Å². The van der Waals surface area contributed by atoms with Crippen LogP contribution in [0, 0.1) is 6.92 Å². The average molecular weight is 453 g/mol. The third-order valence-electron chi connectivity index (χ3n) is 4.58. The molecule has 6 nitrogen and oxygen atoms in total. The van der Waals surface area contributed by atoms with Crippen LogP contribution in [0.5, 0.6) is 17.2 Å². The second-order valence-electron chi connectivity index (χ2n) is 6.95. The van der Waals surface area contributed by atoms with Gasteiger partial charge in [0.15, 0.2) is 11.5 Å². The Balaban J connectivity index is 1.69. The van der Waals surface area contributed by atoms with Crippen LogP contribution in [0.1, 0.15) is 34.0 Å². The van der Waals surface area contributed by atoms with Gasteiger partial charge in [-0.2, -0.15) is 5.10 Å². The maximum atomic E-state index is 12.5. The Kier molecular flexibility index (Phi) is 8.11. The Bertz CT molecular complexity index is 1100. The van der Waals surface area contributed by atoms with E-state index in [0.29, 0.717) is 46.6 Å². The van der Waals surface area contributed by atoms with Crippen LogP contribution in [-0.2, 0) is 6.61 Å². The molecule has 0 aliphatic carbocycles. The van der Waals surface area contributed by atoms with Crippen molar-refractivity contribution in [2.75, 3.05) is 13.7 Å². The molecule has 0 bridgehead atoms. The number of benzene rings is 3. The van der Waals surface area contributed by atoms with Gasteiger partial charge in [0, 0.05) is 16.1 Å². The molecule has 0 unspecified atom stereocenters. The summed E-state index contributed by atoms with van der Waals surface area (Å²) >= 11 is 6.13. The van der Waals surface area contributed by atoms with E-state index in [1.807, 2.05) is 38.1 Å². The zero-order valence-corrected chi connectivity index (χ0v) is 19.0. The highest BCUT2D eigenvalue weighted by Crippen LogP contribution is 2.28. The SMILES string of the molecule is CCOc1cc(C(=O)N/N=C/c2cc(Cl)ccc2OCc2ccc(C)cc2)ccc1OC. The molecular formula is C25H25ClN2O4. The molecule has 7 heteroatoms. The molecule has 166 valence electrons. The first kappa shape index (κ1) is 23.2. The largest absolute Gasteiger partial charge is 0.493 e. The fourth-order valence-corrected chi connectivity index (χ4v) is 3.09. The smallest absolute Gasteiger partial charge is 0.271 e. The molecule has 0 aliphatic rings. The number of hydrogen-bond acceptors (Lipinski definition) is 5. The van der Waals surface area contributed by atoms with Gasteiger partial charge in [0.2, 0.25) is 0 Å². The van der Waals surface area contributed by atoms with Gasteiger partial charge >= 0.3 is 0 Å². The Morgan fingerprint density at radius 1 is 1.00 bits per heavy atom. The van der Waals surface area contributed by atoms with Crippen molar-refractivity contribution in [3.05, 3.63) is 87.9 Å². The number of aryl methyl sites for hydroxylation is 1. The number of rotatable bonds is 9. The Labute approximate surface area is 192 Å². The predicted molar refractivity (Wildman–Crippen MR) is 126 cm³/mol. The Hall–Kier alpha value is -3.51. The minimum Gasteiger partial charge on any atom is -0.493 e. The van der Waals surface area contributed by atoms with E-state index in [4.69, 9.17) is 25.8 Å². The molecule has 1 amide bonds. The van der Waals surface area contributed by atoms with Gasteiger partial charge in [0.05, 0.1) is 19.9 Å². The van der Waals surface area contributed by atoms with E-state index < -0.39 is 0 Å². The summed E-state index contributed by atoms with van der Waals surface area (Å²) in [5.41, 5.74) is 5.80. The summed E-state index contributed by atoms with van der Waals surface area (Å²) in [5.74, 6) is 1.28. The number of nitrogens with one attached hydrogen (secondary N) is 1. The van der Waals surface area contributed by atoms with Gasteiger partial charge in [-0.15, -0.1) is 0 Å². The lowest BCUT2D eigenvalue weighted by molar-refractivity contribution is 0.0954. The van der Waals surface area contributed by atoms with E-state index in [1.54, 1.807) is 43.5 Å². The molecule has 0 heterocycles. The molecule has 0 radical (unpaired) electrons. The second-order valence-corrected chi connectivity index (χ2v) is 7.39. The summed E-state index contributed by atoms with van der Waals surface area (Å²) in [6, 6.07) is 18.3. The fourth-order valence-electron chi connectivity index (χ4n) is 2.91. The van der Waals surface area contributed by atoms with E-state index >= 15 is 0 Å². The van der Waals surface area contributed by atoms with Gasteiger partial charge in [0.1, 0.15) is 12.4 Å². The van der Waals surface area contributed by atoms with Crippen molar-refractivity contribution in [1.29, 1.82) is 0 Å². The van der Waals surface area contributed by atoms with Crippen molar-refractivity contribution in [3.8, 4) is 17.2 Å². The minimum atomic E-state index is -0.381. The maximum absolute atomic E-state index is 12.5. The first-order valence-electron chi connectivity index (χ1n) is 10.1. The Morgan fingerprint density at radius 2 is 1.75 bits per heavy atom. The number of methoxy groups -OCH3 is 1. The van der Waals surface area contributed by atoms with Gasteiger partial charge in [-0.3, -0.25) is 4.79 Å². The van der Waals surface area contributed by atoms with Crippen molar-refractivity contribution < 1.29 is 19.0 Å². The van der Waals surface area contributed by atoms with Gasteiger partial charge < -0.3 is 14.2 Å². The normalized spacial score (nSPS) is 10.8. The number of hydrazone groups is 1. The molecule has 0 fully saturated rings. The van der Waals surface area contributed by atoms with Crippen LogP contribution in [0.2, 0.25) is 5.02 Å². The third-order valence-corrected chi connectivity index (χ3v) is 4.82. The van der Waals surface area contributed by atoms with Crippen molar-refractivity contribution in [2.45, 2.75) is 20.5 Å². The molecule has 0 spiro atoms. The van der Waals surface area contributed by atoms with Crippen LogP contribution < -0.4 is 19.6 Å². The number of halogens is 1. The number of nitrogens with zero attached hydrogens (tertiary/aromatic N) is 1. The van der Waals surface area contributed by atoms with Gasteiger partial charge in [-0.1, -0.05) is 41.4 Å². The summed E-state index contributed by atoms with van der Waals surface area (Å²) in [4.78, 5) is 12.5. The molecule has 0 saturated carbocycles. The number of carbonyl (C=O) groups excluding carboxylic acids is 1. The summed E-state index contributed by atoms with van der Waals surface area (Å²) in [5, 5.41) is 4.61. The van der Waals surface area contributed by atoms with Crippen LogP contribution in [0.3, 0.4) is 0 Å². The maximum Gasteiger partial charge on any atom is 0.271 e. The molecule has 3 rings (SSSR count). The van der Waals surface area contributed by atoms with E-state index in [9.17, 15) is 4.79 Å². The third kappa shape index (κ3) is 6.25. The lowest BCUT2D eigenvalue weighted by Crippen LogP contribution is -2.17. The summed E-state index contributed by atoms with van der Waals surface area (Å²) in [6.07, 6.45) is 1.50. The van der Waals surface area contributed by atoms with E-state index in [2.05, 4.69) is 10.5 Å². The fraction of sp³-hybridized carbons (Fsp3) is 0.200. The quantitative estimate of drug-likeness (QED) is 0.348. The first-order chi connectivity index (χ1) is 15.5. The van der Waals surface area contributed by atoms with Crippen LogP contribution in [0.15, 0.2) is 65.8 Å².